The minimum Gasteiger partial charge on any atom is -0.396 e. The molecule has 0 aliphatic heterocycles. The third-order valence-corrected chi connectivity index (χ3v) is 8.41. The highest BCUT2D eigenvalue weighted by Crippen LogP contribution is 2.63. The Morgan fingerprint density at radius 3 is 2.50 bits per heavy atom. The van der Waals surface area contributed by atoms with E-state index >= 15 is 0 Å². The van der Waals surface area contributed by atoms with Gasteiger partial charge in [-0.05, 0) is 92.3 Å². The van der Waals surface area contributed by atoms with Gasteiger partial charge in [0.05, 0.1) is 0 Å². The Labute approximate surface area is 150 Å². The van der Waals surface area contributed by atoms with Gasteiger partial charge < -0.3 is 5.11 Å². The molecule has 4 rings (SSSR count). The average molecular weight is 333 g/mol. The Balaban J connectivity index is 0.000000815. The summed E-state index contributed by atoms with van der Waals surface area (Å²) in [5.74, 6) is 5.05. The molecule has 0 aromatic rings. The van der Waals surface area contributed by atoms with Crippen molar-refractivity contribution in [1.82, 2.24) is 0 Å². The zero-order chi connectivity index (χ0) is 17.5. The van der Waals surface area contributed by atoms with Crippen LogP contribution in [-0.2, 0) is 0 Å². The fraction of sp³-hybridized carbons (Fsp3) is 0.913. The van der Waals surface area contributed by atoms with Crippen LogP contribution in [0.1, 0.15) is 86.0 Å². The molecule has 0 radical (unpaired) electrons. The van der Waals surface area contributed by atoms with Gasteiger partial charge in [-0.3, -0.25) is 0 Å². The molecule has 4 aliphatic carbocycles. The number of fused-ring (bicyclic) bond motifs is 4. The first kappa shape index (κ1) is 18.5. The second kappa shape index (κ2) is 7.14. The predicted molar refractivity (Wildman–Crippen MR) is 103 cm³/mol. The molecule has 0 aromatic carbocycles. The highest BCUT2D eigenvalue weighted by molar-refractivity contribution is 5.28. The summed E-state index contributed by atoms with van der Waals surface area (Å²) in [5, 5.41) is 9.83. The summed E-state index contributed by atoms with van der Waals surface area (Å²) in [5.41, 5.74) is 4.23. The lowest BCUT2D eigenvalue weighted by Gasteiger charge is -2.53. The number of hydrogen-bond acceptors (Lipinski definition) is 1. The molecule has 2 saturated carbocycles. The van der Waals surface area contributed by atoms with Crippen LogP contribution < -0.4 is 0 Å². The Morgan fingerprint density at radius 2 is 1.79 bits per heavy atom. The van der Waals surface area contributed by atoms with E-state index in [1.54, 1.807) is 0 Å². The molecule has 0 aromatic heterocycles. The van der Waals surface area contributed by atoms with Crippen molar-refractivity contribution in [2.24, 2.45) is 40.9 Å². The number of aliphatic hydroxyl groups excluding tert-OH is 1. The van der Waals surface area contributed by atoms with E-state index in [1.165, 1.54) is 51.4 Å². The maximum Gasteiger partial charge on any atom is 0.0464 e. The van der Waals surface area contributed by atoms with E-state index in [9.17, 15) is 5.11 Å². The van der Waals surface area contributed by atoms with Crippen molar-refractivity contribution < 1.29 is 5.11 Å². The van der Waals surface area contributed by atoms with Gasteiger partial charge in [0, 0.05) is 6.61 Å². The predicted octanol–water partition coefficient (Wildman–Crippen LogP) is 6.22. The van der Waals surface area contributed by atoms with Crippen LogP contribution in [0.15, 0.2) is 11.1 Å². The minimum absolute atomic E-state index is 0.422. The second-order valence-electron chi connectivity index (χ2n) is 9.41. The van der Waals surface area contributed by atoms with Crippen molar-refractivity contribution in [1.29, 1.82) is 0 Å². The second-order valence-corrected chi connectivity index (χ2v) is 9.41. The van der Waals surface area contributed by atoms with Crippen molar-refractivity contribution >= 4 is 0 Å². The molecule has 0 bridgehead atoms. The molecule has 7 atom stereocenters. The van der Waals surface area contributed by atoms with Crippen LogP contribution in [0.4, 0.5) is 0 Å². The lowest BCUT2D eigenvalue weighted by molar-refractivity contribution is -0.00875. The van der Waals surface area contributed by atoms with E-state index in [2.05, 4.69) is 20.8 Å². The molecule has 0 amide bonds. The quantitative estimate of drug-likeness (QED) is 0.565. The normalized spacial score (nSPS) is 47.2. The van der Waals surface area contributed by atoms with Crippen LogP contribution in [0.3, 0.4) is 0 Å². The van der Waals surface area contributed by atoms with Gasteiger partial charge >= 0.3 is 0 Å². The fourth-order valence-corrected chi connectivity index (χ4v) is 7.12. The number of aliphatic hydroxyl groups is 1. The molecule has 138 valence electrons. The summed E-state index contributed by atoms with van der Waals surface area (Å²) < 4.78 is 0. The maximum atomic E-state index is 9.83. The monoisotopic (exact) mass is 332 g/mol. The van der Waals surface area contributed by atoms with Gasteiger partial charge in [0.2, 0.25) is 0 Å². The molecular weight excluding hydrogens is 292 g/mol. The molecule has 24 heavy (non-hydrogen) atoms. The van der Waals surface area contributed by atoms with Crippen molar-refractivity contribution in [2.45, 2.75) is 86.0 Å². The van der Waals surface area contributed by atoms with Crippen molar-refractivity contribution in [3.63, 3.8) is 0 Å². The summed E-state index contributed by atoms with van der Waals surface area (Å²) in [6.45, 7) is 11.9. The van der Waals surface area contributed by atoms with Crippen LogP contribution in [0, 0.1) is 40.9 Å². The third-order valence-electron chi connectivity index (χ3n) is 8.41. The highest BCUT2D eigenvalue weighted by Gasteiger charge is 2.55. The zero-order valence-electron chi connectivity index (χ0n) is 16.8. The SMILES string of the molecule is CC.CC1CCC2=C(C1)[C@@H](C)C[C@@H]1C2CC[C@]2(C)C(CO)CCC12. The summed E-state index contributed by atoms with van der Waals surface area (Å²) in [7, 11) is 0. The largest absolute Gasteiger partial charge is 0.396 e. The van der Waals surface area contributed by atoms with Crippen LogP contribution in [0.2, 0.25) is 0 Å². The van der Waals surface area contributed by atoms with Gasteiger partial charge in [-0.25, -0.2) is 0 Å². The topological polar surface area (TPSA) is 20.2 Å². The summed E-state index contributed by atoms with van der Waals surface area (Å²) in [4.78, 5) is 0. The highest BCUT2D eigenvalue weighted by atomic mass is 16.3. The zero-order valence-corrected chi connectivity index (χ0v) is 16.8. The first-order chi connectivity index (χ1) is 11.5. The summed E-state index contributed by atoms with van der Waals surface area (Å²) in [6.07, 6.45) is 11.1. The van der Waals surface area contributed by atoms with Crippen LogP contribution in [0.25, 0.3) is 0 Å². The van der Waals surface area contributed by atoms with Gasteiger partial charge in [0.15, 0.2) is 0 Å². The lowest BCUT2D eigenvalue weighted by atomic mass is 9.51. The van der Waals surface area contributed by atoms with E-state index in [1.807, 2.05) is 25.0 Å². The summed E-state index contributed by atoms with van der Waals surface area (Å²) >= 11 is 0. The van der Waals surface area contributed by atoms with Crippen molar-refractivity contribution in [3.8, 4) is 0 Å². The number of allylic oxidation sites excluding steroid dienone is 2. The first-order valence-electron chi connectivity index (χ1n) is 10.9. The standard InChI is InChI=1S/C21H34O.C2H6/c1-13-4-6-16-17-8-9-21(3)15(12-22)5-7-20(21)19(17)11-14(2)18(16)10-13;1-2/h13-15,17,19-20,22H,4-12H2,1-3H3;1-2H3/t13?,14-,15?,17?,19+,20?,21+;/m0./s1. The van der Waals surface area contributed by atoms with Gasteiger partial charge in [-0.1, -0.05) is 45.8 Å². The van der Waals surface area contributed by atoms with Crippen molar-refractivity contribution in [2.75, 3.05) is 6.61 Å². The van der Waals surface area contributed by atoms with Crippen LogP contribution in [0.5, 0.6) is 0 Å². The molecule has 0 saturated heterocycles. The molecule has 1 nitrogen and oxygen atoms in total. The molecule has 0 spiro atoms. The van der Waals surface area contributed by atoms with E-state index in [-0.39, 0.29) is 0 Å². The molecule has 1 N–H and O–H groups in total. The van der Waals surface area contributed by atoms with Crippen LogP contribution in [-0.4, -0.2) is 11.7 Å². The lowest BCUT2D eigenvalue weighted by Crippen LogP contribution is -2.45. The molecule has 1 heteroatoms. The molecule has 2 fully saturated rings. The van der Waals surface area contributed by atoms with Gasteiger partial charge in [-0.2, -0.15) is 0 Å². The van der Waals surface area contributed by atoms with E-state index in [4.69, 9.17) is 0 Å². The fourth-order valence-electron chi connectivity index (χ4n) is 7.12. The molecule has 4 aliphatic rings. The van der Waals surface area contributed by atoms with Gasteiger partial charge in [-0.15, -0.1) is 0 Å². The summed E-state index contributed by atoms with van der Waals surface area (Å²) in [6, 6.07) is 0. The molecule has 0 heterocycles. The van der Waals surface area contributed by atoms with E-state index < -0.39 is 0 Å². The van der Waals surface area contributed by atoms with Gasteiger partial charge in [0.25, 0.3) is 0 Å². The smallest absolute Gasteiger partial charge is 0.0464 e. The number of hydrogen-bond donors (Lipinski definition) is 1. The van der Waals surface area contributed by atoms with E-state index in [0.717, 1.165) is 29.6 Å². The Kier molecular flexibility index (Phi) is 5.50. The van der Waals surface area contributed by atoms with Gasteiger partial charge in [0.1, 0.15) is 0 Å². The Morgan fingerprint density at radius 1 is 1.04 bits per heavy atom. The first-order valence-corrected chi connectivity index (χ1v) is 10.9. The van der Waals surface area contributed by atoms with Crippen molar-refractivity contribution in [3.05, 3.63) is 11.1 Å². The molecule has 4 unspecified atom stereocenters. The molecular formula is C23H40O. The van der Waals surface area contributed by atoms with Crippen LogP contribution >= 0.6 is 0 Å². The Bertz CT molecular complexity index is 478. The maximum absolute atomic E-state index is 9.83. The number of rotatable bonds is 1. The average Bonchev–Trinajstić information content (AvgIpc) is 2.94. The van der Waals surface area contributed by atoms with E-state index in [0.29, 0.717) is 17.9 Å². The minimum atomic E-state index is 0.422. The Hall–Kier alpha value is -0.300. The third kappa shape index (κ3) is 2.79.